The van der Waals surface area contributed by atoms with Gasteiger partial charge in [0.1, 0.15) is 19.0 Å². The van der Waals surface area contributed by atoms with Crippen molar-refractivity contribution in [2.75, 3.05) is 13.2 Å². The molecule has 0 saturated heterocycles. The maximum Gasteiger partial charge on any atom is 0.230 e. The summed E-state index contributed by atoms with van der Waals surface area (Å²) in [6.07, 6.45) is -1.01. The lowest BCUT2D eigenvalue weighted by molar-refractivity contribution is -0.127. The molecule has 2 aromatic carbocycles. The summed E-state index contributed by atoms with van der Waals surface area (Å²) >= 11 is 0. The SMILES string of the molecule is CC(NC(=O)C(C)(C)c1ccc2c(c1)OCCO2)C(O)c1cccc(F)c1. The van der Waals surface area contributed by atoms with Gasteiger partial charge in [-0.3, -0.25) is 4.79 Å². The molecule has 0 fully saturated rings. The Hall–Kier alpha value is -2.60. The highest BCUT2D eigenvalue weighted by Gasteiger charge is 2.33. The molecule has 1 heterocycles. The first-order chi connectivity index (χ1) is 12.8. The number of hydrogen-bond acceptors (Lipinski definition) is 4. The Morgan fingerprint density at radius 3 is 2.56 bits per heavy atom. The lowest BCUT2D eigenvalue weighted by Gasteiger charge is -2.29. The van der Waals surface area contributed by atoms with E-state index < -0.39 is 23.4 Å². The summed E-state index contributed by atoms with van der Waals surface area (Å²) in [6.45, 7) is 6.27. The molecule has 0 bridgehead atoms. The van der Waals surface area contributed by atoms with Gasteiger partial charge in [0.15, 0.2) is 11.5 Å². The molecule has 3 rings (SSSR count). The van der Waals surface area contributed by atoms with E-state index in [-0.39, 0.29) is 5.91 Å². The van der Waals surface area contributed by atoms with Crippen LogP contribution in [0.1, 0.15) is 38.0 Å². The molecule has 2 atom stereocenters. The summed E-state index contributed by atoms with van der Waals surface area (Å²) in [6, 6.07) is 10.6. The molecule has 144 valence electrons. The molecular formula is C21H24FNO4. The molecule has 1 aliphatic heterocycles. The molecule has 2 aromatic rings. The minimum Gasteiger partial charge on any atom is -0.486 e. The van der Waals surface area contributed by atoms with Crippen LogP contribution in [-0.2, 0) is 10.2 Å². The second kappa shape index (κ2) is 7.56. The zero-order valence-electron chi connectivity index (χ0n) is 15.7. The fourth-order valence-electron chi connectivity index (χ4n) is 3.01. The first kappa shape index (κ1) is 19.2. The predicted molar refractivity (Wildman–Crippen MR) is 99.4 cm³/mol. The van der Waals surface area contributed by atoms with Crippen LogP contribution in [0.2, 0.25) is 0 Å². The second-order valence-corrected chi connectivity index (χ2v) is 7.25. The number of fused-ring (bicyclic) bond motifs is 1. The third-order valence-corrected chi connectivity index (χ3v) is 4.85. The van der Waals surface area contributed by atoms with Gasteiger partial charge in [-0.2, -0.15) is 0 Å². The van der Waals surface area contributed by atoms with Crippen molar-refractivity contribution in [3.63, 3.8) is 0 Å². The van der Waals surface area contributed by atoms with Crippen molar-refractivity contribution in [3.05, 3.63) is 59.4 Å². The molecule has 6 heteroatoms. The smallest absolute Gasteiger partial charge is 0.230 e. The summed E-state index contributed by atoms with van der Waals surface area (Å²) in [5.41, 5.74) is 0.336. The fourth-order valence-corrected chi connectivity index (χ4v) is 3.01. The third kappa shape index (κ3) is 4.06. The van der Waals surface area contributed by atoms with Gasteiger partial charge in [0.25, 0.3) is 0 Å². The first-order valence-electron chi connectivity index (χ1n) is 8.93. The number of benzene rings is 2. The van der Waals surface area contributed by atoms with E-state index in [0.717, 1.165) is 5.56 Å². The van der Waals surface area contributed by atoms with E-state index in [9.17, 15) is 14.3 Å². The summed E-state index contributed by atoms with van der Waals surface area (Å²) in [5.74, 6) is 0.604. The van der Waals surface area contributed by atoms with E-state index >= 15 is 0 Å². The molecule has 2 unspecified atom stereocenters. The predicted octanol–water partition coefficient (Wildman–Crippen LogP) is 3.11. The zero-order valence-corrected chi connectivity index (χ0v) is 15.7. The standard InChI is InChI=1S/C21H24FNO4/c1-13(19(24)14-5-4-6-16(22)11-14)23-20(25)21(2,3)15-7-8-17-18(12-15)27-10-9-26-17/h4-8,11-13,19,24H,9-10H2,1-3H3,(H,23,25). The molecule has 2 N–H and O–H groups in total. The number of carbonyl (C=O) groups is 1. The van der Waals surface area contributed by atoms with Crippen molar-refractivity contribution in [3.8, 4) is 11.5 Å². The fraction of sp³-hybridized carbons (Fsp3) is 0.381. The highest BCUT2D eigenvalue weighted by atomic mass is 19.1. The van der Waals surface area contributed by atoms with Crippen LogP contribution in [0.25, 0.3) is 0 Å². The molecular weight excluding hydrogens is 349 g/mol. The number of rotatable bonds is 5. The molecule has 1 amide bonds. The summed E-state index contributed by atoms with van der Waals surface area (Å²) in [4.78, 5) is 12.9. The van der Waals surface area contributed by atoms with Gasteiger partial charge in [-0.1, -0.05) is 18.2 Å². The van der Waals surface area contributed by atoms with Crippen LogP contribution < -0.4 is 14.8 Å². The van der Waals surface area contributed by atoms with Gasteiger partial charge < -0.3 is 19.9 Å². The van der Waals surface area contributed by atoms with Crippen LogP contribution in [0, 0.1) is 5.82 Å². The van der Waals surface area contributed by atoms with Gasteiger partial charge >= 0.3 is 0 Å². The molecule has 1 aliphatic rings. The average Bonchev–Trinajstić information content (AvgIpc) is 2.66. The van der Waals surface area contributed by atoms with Crippen molar-refractivity contribution >= 4 is 5.91 Å². The van der Waals surface area contributed by atoms with Gasteiger partial charge in [0.05, 0.1) is 17.6 Å². The number of aliphatic hydroxyl groups excluding tert-OH is 1. The largest absolute Gasteiger partial charge is 0.486 e. The van der Waals surface area contributed by atoms with Gasteiger partial charge in [-0.25, -0.2) is 4.39 Å². The quantitative estimate of drug-likeness (QED) is 0.845. The minimum atomic E-state index is -1.01. The van der Waals surface area contributed by atoms with Crippen molar-refractivity contribution in [2.45, 2.75) is 38.3 Å². The lowest BCUT2D eigenvalue weighted by Crippen LogP contribution is -2.46. The number of ether oxygens (including phenoxy) is 2. The first-order valence-corrected chi connectivity index (χ1v) is 8.93. The number of amides is 1. The molecule has 0 aromatic heterocycles. The zero-order chi connectivity index (χ0) is 19.6. The lowest BCUT2D eigenvalue weighted by atomic mass is 9.83. The van der Waals surface area contributed by atoms with Gasteiger partial charge in [-0.05, 0) is 56.2 Å². The van der Waals surface area contributed by atoms with Crippen LogP contribution in [0.5, 0.6) is 11.5 Å². The van der Waals surface area contributed by atoms with E-state index in [4.69, 9.17) is 9.47 Å². The number of halogens is 1. The van der Waals surface area contributed by atoms with Crippen molar-refractivity contribution in [1.29, 1.82) is 0 Å². The Morgan fingerprint density at radius 1 is 1.15 bits per heavy atom. The number of nitrogens with one attached hydrogen (secondary N) is 1. The molecule has 0 spiro atoms. The number of aliphatic hydroxyl groups is 1. The second-order valence-electron chi connectivity index (χ2n) is 7.25. The summed E-state index contributed by atoms with van der Waals surface area (Å²) in [7, 11) is 0. The van der Waals surface area contributed by atoms with E-state index in [0.29, 0.717) is 30.3 Å². The Kier molecular flexibility index (Phi) is 5.37. The Bertz CT molecular complexity index is 837. The maximum atomic E-state index is 13.4. The van der Waals surface area contributed by atoms with Gasteiger partial charge in [0, 0.05) is 0 Å². The van der Waals surface area contributed by atoms with Gasteiger partial charge in [0.2, 0.25) is 5.91 Å². The van der Waals surface area contributed by atoms with E-state index in [1.54, 1.807) is 32.9 Å². The van der Waals surface area contributed by atoms with Crippen LogP contribution in [0.3, 0.4) is 0 Å². The van der Waals surface area contributed by atoms with Crippen LogP contribution >= 0.6 is 0 Å². The molecule has 0 saturated carbocycles. The Balaban J connectivity index is 1.74. The topological polar surface area (TPSA) is 67.8 Å². The van der Waals surface area contributed by atoms with E-state index in [2.05, 4.69) is 5.32 Å². The number of carbonyl (C=O) groups excluding carboxylic acids is 1. The van der Waals surface area contributed by atoms with E-state index in [1.807, 2.05) is 12.1 Å². The van der Waals surface area contributed by atoms with Crippen LogP contribution in [0.15, 0.2) is 42.5 Å². The van der Waals surface area contributed by atoms with Crippen LogP contribution in [-0.4, -0.2) is 30.3 Å². The molecule has 5 nitrogen and oxygen atoms in total. The summed E-state index contributed by atoms with van der Waals surface area (Å²) in [5, 5.41) is 13.3. The normalized spacial score (nSPS) is 15.7. The minimum absolute atomic E-state index is 0.248. The van der Waals surface area contributed by atoms with Gasteiger partial charge in [-0.15, -0.1) is 0 Å². The van der Waals surface area contributed by atoms with Crippen molar-refractivity contribution in [2.24, 2.45) is 0 Å². The third-order valence-electron chi connectivity index (χ3n) is 4.85. The molecule has 0 aliphatic carbocycles. The van der Waals surface area contributed by atoms with Crippen molar-refractivity contribution < 1.29 is 23.8 Å². The average molecular weight is 373 g/mol. The van der Waals surface area contributed by atoms with Crippen molar-refractivity contribution in [1.82, 2.24) is 5.32 Å². The van der Waals surface area contributed by atoms with Crippen LogP contribution in [0.4, 0.5) is 4.39 Å². The maximum absolute atomic E-state index is 13.4. The number of hydrogen-bond donors (Lipinski definition) is 2. The Labute approximate surface area is 158 Å². The molecule has 0 radical (unpaired) electrons. The Morgan fingerprint density at radius 2 is 1.85 bits per heavy atom. The highest BCUT2D eigenvalue weighted by Crippen LogP contribution is 2.35. The monoisotopic (exact) mass is 373 g/mol. The summed E-state index contributed by atoms with van der Waals surface area (Å²) < 4.78 is 24.5. The highest BCUT2D eigenvalue weighted by molar-refractivity contribution is 5.87. The molecule has 27 heavy (non-hydrogen) atoms. The van der Waals surface area contributed by atoms with E-state index in [1.165, 1.54) is 18.2 Å².